The van der Waals surface area contributed by atoms with Gasteiger partial charge in [-0.1, -0.05) is 13.8 Å². The molecule has 0 radical (unpaired) electrons. The van der Waals surface area contributed by atoms with Crippen molar-refractivity contribution in [2.45, 2.75) is 39.5 Å². The lowest BCUT2D eigenvalue weighted by Gasteiger charge is -2.33. The van der Waals surface area contributed by atoms with E-state index in [0.717, 1.165) is 19.5 Å². The van der Waals surface area contributed by atoms with Crippen LogP contribution < -0.4 is 0 Å². The molecule has 1 saturated heterocycles. The van der Waals surface area contributed by atoms with E-state index in [0.29, 0.717) is 24.7 Å². The van der Waals surface area contributed by atoms with Crippen LogP contribution in [0.15, 0.2) is 0 Å². The van der Waals surface area contributed by atoms with E-state index in [1.165, 1.54) is 0 Å². The number of hydrogen-bond acceptors (Lipinski definition) is 2. The van der Waals surface area contributed by atoms with Gasteiger partial charge < -0.3 is 10.0 Å². The molecule has 1 amide bonds. The second-order valence-corrected chi connectivity index (χ2v) is 5.03. The number of piperidine rings is 1. The standard InChI is InChI=1S/C12H21NO3/c1-9(2)7-13-8-10(3-5-11(13)14)4-6-12(15)16/h9-10H,3-8H2,1-2H3,(H,15,16). The Labute approximate surface area is 96.6 Å². The highest BCUT2D eigenvalue weighted by atomic mass is 16.4. The molecular formula is C12H21NO3. The molecule has 0 aliphatic carbocycles. The fourth-order valence-electron chi connectivity index (χ4n) is 2.17. The van der Waals surface area contributed by atoms with Crippen LogP contribution >= 0.6 is 0 Å². The fourth-order valence-corrected chi connectivity index (χ4v) is 2.17. The van der Waals surface area contributed by atoms with Crippen molar-refractivity contribution in [1.29, 1.82) is 0 Å². The lowest BCUT2D eigenvalue weighted by Crippen LogP contribution is -2.42. The molecule has 1 atom stereocenters. The third kappa shape index (κ3) is 4.21. The molecule has 92 valence electrons. The van der Waals surface area contributed by atoms with E-state index in [2.05, 4.69) is 13.8 Å². The zero-order chi connectivity index (χ0) is 12.1. The number of hydrogen-bond donors (Lipinski definition) is 1. The minimum atomic E-state index is -0.743. The summed E-state index contributed by atoms with van der Waals surface area (Å²) in [5, 5.41) is 8.63. The van der Waals surface area contributed by atoms with E-state index in [1.807, 2.05) is 4.90 Å². The first kappa shape index (κ1) is 13.0. The van der Waals surface area contributed by atoms with Gasteiger partial charge in [-0.15, -0.1) is 0 Å². The molecule has 0 saturated carbocycles. The maximum absolute atomic E-state index is 11.6. The Balaban J connectivity index is 2.40. The summed E-state index contributed by atoms with van der Waals surface area (Å²) in [6.07, 6.45) is 2.34. The SMILES string of the molecule is CC(C)CN1CC(CCC(=O)O)CCC1=O. The topological polar surface area (TPSA) is 57.6 Å². The number of carbonyl (C=O) groups is 2. The highest BCUT2D eigenvalue weighted by Gasteiger charge is 2.25. The molecule has 1 rings (SSSR count). The first-order valence-electron chi connectivity index (χ1n) is 5.98. The van der Waals surface area contributed by atoms with E-state index >= 15 is 0 Å². The fraction of sp³-hybridized carbons (Fsp3) is 0.833. The average molecular weight is 227 g/mol. The summed E-state index contributed by atoms with van der Waals surface area (Å²) in [4.78, 5) is 24.0. The van der Waals surface area contributed by atoms with Gasteiger partial charge in [0.25, 0.3) is 0 Å². The molecule has 0 aromatic heterocycles. The Morgan fingerprint density at radius 3 is 2.81 bits per heavy atom. The minimum Gasteiger partial charge on any atom is -0.481 e. The zero-order valence-electron chi connectivity index (χ0n) is 10.1. The number of carboxylic acid groups (broad SMARTS) is 1. The molecule has 1 heterocycles. The van der Waals surface area contributed by atoms with Crippen molar-refractivity contribution in [3.05, 3.63) is 0 Å². The van der Waals surface area contributed by atoms with Crippen LogP contribution in [-0.2, 0) is 9.59 Å². The Hall–Kier alpha value is -1.06. The summed E-state index contributed by atoms with van der Waals surface area (Å²) in [6, 6.07) is 0. The molecular weight excluding hydrogens is 206 g/mol. The monoisotopic (exact) mass is 227 g/mol. The van der Waals surface area contributed by atoms with Crippen molar-refractivity contribution in [3.63, 3.8) is 0 Å². The van der Waals surface area contributed by atoms with Crippen LogP contribution in [0, 0.1) is 11.8 Å². The summed E-state index contributed by atoms with van der Waals surface area (Å²) in [5.41, 5.74) is 0. The van der Waals surface area contributed by atoms with Crippen molar-refractivity contribution in [1.82, 2.24) is 4.90 Å². The zero-order valence-corrected chi connectivity index (χ0v) is 10.1. The molecule has 1 aliphatic rings. The lowest BCUT2D eigenvalue weighted by molar-refractivity contribution is -0.137. The van der Waals surface area contributed by atoms with Gasteiger partial charge in [0.05, 0.1) is 0 Å². The predicted octanol–water partition coefficient (Wildman–Crippen LogP) is 1.75. The summed E-state index contributed by atoms with van der Waals surface area (Å²) >= 11 is 0. The van der Waals surface area contributed by atoms with Gasteiger partial charge in [0.2, 0.25) is 5.91 Å². The quantitative estimate of drug-likeness (QED) is 0.778. The lowest BCUT2D eigenvalue weighted by atomic mass is 9.92. The molecule has 1 aliphatic heterocycles. The second kappa shape index (κ2) is 5.87. The normalized spacial score (nSPS) is 21.6. The third-order valence-electron chi connectivity index (χ3n) is 2.95. The van der Waals surface area contributed by atoms with Gasteiger partial charge in [0.1, 0.15) is 0 Å². The van der Waals surface area contributed by atoms with Crippen LogP contribution in [0.3, 0.4) is 0 Å². The Morgan fingerprint density at radius 1 is 1.56 bits per heavy atom. The van der Waals surface area contributed by atoms with Crippen LogP contribution in [0.5, 0.6) is 0 Å². The average Bonchev–Trinajstić information content (AvgIpc) is 2.18. The molecule has 1 N–H and O–H groups in total. The molecule has 1 fully saturated rings. The second-order valence-electron chi connectivity index (χ2n) is 5.03. The van der Waals surface area contributed by atoms with Gasteiger partial charge in [0, 0.05) is 25.9 Å². The predicted molar refractivity (Wildman–Crippen MR) is 61.0 cm³/mol. The number of carbonyl (C=O) groups excluding carboxylic acids is 1. The highest BCUT2D eigenvalue weighted by Crippen LogP contribution is 2.22. The van der Waals surface area contributed by atoms with Crippen molar-refractivity contribution in [2.24, 2.45) is 11.8 Å². The van der Waals surface area contributed by atoms with E-state index in [9.17, 15) is 9.59 Å². The van der Waals surface area contributed by atoms with Gasteiger partial charge in [0.15, 0.2) is 0 Å². The molecule has 16 heavy (non-hydrogen) atoms. The molecule has 0 aromatic carbocycles. The number of aliphatic carboxylic acids is 1. The van der Waals surface area contributed by atoms with Crippen molar-refractivity contribution in [2.75, 3.05) is 13.1 Å². The van der Waals surface area contributed by atoms with Gasteiger partial charge in [-0.3, -0.25) is 9.59 Å². The highest BCUT2D eigenvalue weighted by molar-refractivity contribution is 5.77. The van der Waals surface area contributed by atoms with Crippen LogP contribution in [0.4, 0.5) is 0 Å². The van der Waals surface area contributed by atoms with Crippen molar-refractivity contribution in [3.8, 4) is 0 Å². The molecule has 0 bridgehead atoms. The van der Waals surface area contributed by atoms with Gasteiger partial charge in [-0.25, -0.2) is 0 Å². The van der Waals surface area contributed by atoms with Crippen LogP contribution in [-0.4, -0.2) is 35.0 Å². The van der Waals surface area contributed by atoms with Gasteiger partial charge in [-0.2, -0.15) is 0 Å². The maximum Gasteiger partial charge on any atom is 0.303 e. The van der Waals surface area contributed by atoms with Gasteiger partial charge in [-0.05, 0) is 24.7 Å². The summed E-state index contributed by atoms with van der Waals surface area (Å²) in [7, 11) is 0. The minimum absolute atomic E-state index is 0.217. The molecule has 0 spiro atoms. The summed E-state index contributed by atoms with van der Waals surface area (Å²) in [5.74, 6) is 0.322. The smallest absolute Gasteiger partial charge is 0.303 e. The number of carboxylic acids is 1. The third-order valence-corrected chi connectivity index (χ3v) is 2.95. The number of nitrogens with zero attached hydrogens (tertiary/aromatic N) is 1. The Morgan fingerprint density at radius 2 is 2.25 bits per heavy atom. The Bertz CT molecular complexity index is 263. The van der Waals surface area contributed by atoms with E-state index in [1.54, 1.807) is 0 Å². The summed E-state index contributed by atoms with van der Waals surface area (Å²) in [6.45, 7) is 5.72. The largest absolute Gasteiger partial charge is 0.481 e. The molecule has 4 heteroatoms. The number of rotatable bonds is 5. The van der Waals surface area contributed by atoms with E-state index in [-0.39, 0.29) is 12.3 Å². The van der Waals surface area contributed by atoms with Crippen LogP contribution in [0.2, 0.25) is 0 Å². The molecule has 0 aromatic rings. The van der Waals surface area contributed by atoms with Crippen LogP contribution in [0.25, 0.3) is 0 Å². The maximum atomic E-state index is 11.6. The molecule has 4 nitrogen and oxygen atoms in total. The van der Waals surface area contributed by atoms with E-state index in [4.69, 9.17) is 5.11 Å². The first-order chi connectivity index (χ1) is 7.49. The summed E-state index contributed by atoms with van der Waals surface area (Å²) < 4.78 is 0. The van der Waals surface area contributed by atoms with Crippen molar-refractivity contribution >= 4 is 11.9 Å². The van der Waals surface area contributed by atoms with E-state index < -0.39 is 5.97 Å². The first-order valence-corrected chi connectivity index (χ1v) is 5.98. The van der Waals surface area contributed by atoms with Crippen molar-refractivity contribution < 1.29 is 14.7 Å². The number of amides is 1. The number of likely N-dealkylation sites (tertiary alicyclic amines) is 1. The Kier molecular flexibility index (Phi) is 4.77. The van der Waals surface area contributed by atoms with Crippen LogP contribution in [0.1, 0.15) is 39.5 Å². The van der Waals surface area contributed by atoms with Gasteiger partial charge >= 0.3 is 5.97 Å². The molecule has 1 unspecified atom stereocenters.